The molecular weight excluding hydrogens is 486 g/mol. The lowest BCUT2D eigenvalue weighted by atomic mass is 9.80. The van der Waals surface area contributed by atoms with E-state index in [9.17, 15) is 14.7 Å². The number of carbonyl (C=O) groups excluding carboxylic acids is 2. The van der Waals surface area contributed by atoms with Crippen molar-refractivity contribution in [2.24, 2.45) is 11.8 Å². The molecule has 1 aliphatic carbocycles. The molecule has 3 N–H and O–H groups in total. The van der Waals surface area contributed by atoms with Gasteiger partial charge in [0, 0.05) is 23.4 Å². The third-order valence-electron chi connectivity index (χ3n) is 7.47. The van der Waals surface area contributed by atoms with E-state index in [0.29, 0.717) is 17.4 Å². The number of halogens is 1. The van der Waals surface area contributed by atoms with Crippen LogP contribution in [0.4, 0.5) is 0 Å². The summed E-state index contributed by atoms with van der Waals surface area (Å²) in [6.07, 6.45) is 6.42. The molecule has 37 heavy (non-hydrogen) atoms. The minimum absolute atomic E-state index is 0.0580. The van der Waals surface area contributed by atoms with Gasteiger partial charge in [0.05, 0.1) is 17.7 Å². The molecule has 6 nitrogen and oxygen atoms in total. The minimum atomic E-state index is -0.911. The number of para-hydroxylation sites is 1. The van der Waals surface area contributed by atoms with E-state index in [2.05, 4.69) is 15.6 Å². The predicted octanol–water partition coefficient (Wildman–Crippen LogP) is 5.31. The number of amides is 2. The second kappa shape index (κ2) is 13.0. The van der Waals surface area contributed by atoms with Crippen molar-refractivity contribution in [1.82, 2.24) is 15.6 Å². The van der Waals surface area contributed by atoms with Gasteiger partial charge in [-0.25, -0.2) is 4.98 Å². The summed E-state index contributed by atoms with van der Waals surface area (Å²) in [7, 11) is 1.64. The Bertz CT molecular complexity index is 1190. The molecule has 2 amide bonds. The summed E-state index contributed by atoms with van der Waals surface area (Å²) < 4.78 is 0. The number of pyridine rings is 1. The summed E-state index contributed by atoms with van der Waals surface area (Å²) in [5, 5.41) is 18.8. The lowest BCUT2D eigenvalue weighted by Gasteiger charge is -2.30. The van der Waals surface area contributed by atoms with Crippen molar-refractivity contribution in [2.75, 3.05) is 7.05 Å². The van der Waals surface area contributed by atoms with E-state index in [4.69, 9.17) is 11.6 Å². The zero-order chi connectivity index (χ0) is 26.2. The van der Waals surface area contributed by atoms with Gasteiger partial charge >= 0.3 is 0 Å². The summed E-state index contributed by atoms with van der Waals surface area (Å²) >= 11 is 6.06. The van der Waals surface area contributed by atoms with Gasteiger partial charge in [-0.1, -0.05) is 80.1 Å². The van der Waals surface area contributed by atoms with Crippen LogP contribution in [0.5, 0.6) is 0 Å². The second-order valence-electron chi connectivity index (χ2n) is 10.2. The van der Waals surface area contributed by atoms with Crippen molar-refractivity contribution in [2.45, 2.75) is 63.5 Å². The van der Waals surface area contributed by atoms with Crippen LogP contribution in [0.2, 0.25) is 5.02 Å². The fourth-order valence-corrected chi connectivity index (χ4v) is 5.51. The summed E-state index contributed by atoms with van der Waals surface area (Å²) in [4.78, 5) is 30.5. The zero-order valence-corrected chi connectivity index (χ0v) is 22.1. The van der Waals surface area contributed by atoms with Gasteiger partial charge in [-0.05, 0) is 55.0 Å². The van der Waals surface area contributed by atoms with Crippen LogP contribution in [0.3, 0.4) is 0 Å². The van der Waals surface area contributed by atoms with Gasteiger partial charge in [0.2, 0.25) is 5.91 Å². The fraction of sp³-hybridized carbons (Fsp3) is 0.433. The van der Waals surface area contributed by atoms with E-state index in [-0.39, 0.29) is 29.8 Å². The number of nitrogens with zero attached hydrogens (tertiary/aromatic N) is 1. The van der Waals surface area contributed by atoms with Crippen molar-refractivity contribution in [3.63, 3.8) is 0 Å². The van der Waals surface area contributed by atoms with Crippen LogP contribution in [0.1, 0.15) is 61.0 Å². The number of hydrogen-bond acceptors (Lipinski definition) is 4. The van der Waals surface area contributed by atoms with E-state index in [1.165, 1.54) is 19.3 Å². The Morgan fingerprint density at radius 1 is 1.03 bits per heavy atom. The van der Waals surface area contributed by atoms with Crippen molar-refractivity contribution >= 4 is 34.3 Å². The Labute approximate surface area is 223 Å². The maximum absolute atomic E-state index is 13.3. The summed E-state index contributed by atoms with van der Waals surface area (Å²) in [5.41, 5.74) is 1.96. The summed E-state index contributed by atoms with van der Waals surface area (Å²) in [6, 6.07) is 18.0. The Morgan fingerprint density at radius 2 is 1.76 bits per heavy atom. The Kier molecular flexibility index (Phi) is 9.53. The first-order valence-corrected chi connectivity index (χ1v) is 13.6. The summed E-state index contributed by atoms with van der Waals surface area (Å²) in [6.45, 7) is 0. The fourth-order valence-electron chi connectivity index (χ4n) is 5.39. The minimum Gasteiger partial charge on any atom is -0.391 e. The first-order valence-electron chi connectivity index (χ1n) is 13.2. The topological polar surface area (TPSA) is 91.3 Å². The third-order valence-corrected chi connectivity index (χ3v) is 7.72. The molecule has 1 aromatic heterocycles. The van der Waals surface area contributed by atoms with Gasteiger partial charge in [-0.3, -0.25) is 9.59 Å². The number of hydrogen-bond donors (Lipinski definition) is 3. The highest BCUT2D eigenvalue weighted by atomic mass is 35.5. The van der Waals surface area contributed by atoms with Crippen LogP contribution in [0.25, 0.3) is 10.9 Å². The van der Waals surface area contributed by atoms with Crippen LogP contribution in [-0.2, 0) is 11.2 Å². The summed E-state index contributed by atoms with van der Waals surface area (Å²) in [5.74, 6) is -0.231. The monoisotopic (exact) mass is 521 g/mol. The normalized spacial score (nSPS) is 16.6. The van der Waals surface area contributed by atoms with Gasteiger partial charge in [0.1, 0.15) is 5.69 Å². The molecule has 0 saturated heterocycles. The van der Waals surface area contributed by atoms with Crippen LogP contribution in [0.15, 0.2) is 60.7 Å². The molecule has 2 aromatic carbocycles. The number of aliphatic hydroxyl groups excluding tert-OH is 1. The SMILES string of the molecule is CNC(=O)[C@H](CC1CCCCC1)C[C@H](O)[C@H](Cc1ccc(Cl)cc1)NC(=O)c1ccc2ccccc2n1. The number of carbonyl (C=O) groups is 2. The first kappa shape index (κ1) is 27.1. The van der Waals surface area contributed by atoms with Crippen molar-refractivity contribution in [3.05, 3.63) is 76.9 Å². The number of rotatable bonds is 10. The average Bonchev–Trinajstić information content (AvgIpc) is 2.93. The molecule has 196 valence electrons. The highest BCUT2D eigenvalue weighted by Crippen LogP contribution is 2.31. The molecule has 3 atom stereocenters. The highest BCUT2D eigenvalue weighted by molar-refractivity contribution is 6.30. The lowest BCUT2D eigenvalue weighted by molar-refractivity contribution is -0.126. The van der Waals surface area contributed by atoms with Crippen LogP contribution < -0.4 is 10.6 Å². The molecule has 0 radical (unpaired) electrons. The van der Waals surface area contributed by atoms with E-state index >= 15 is 0 Å². The Balaban J connectivity index is 1.52. The highest BCUT2D eigenvalue weighted by Gasteiger charge is 2.30. The van der Waals surface area contributed by atoms with Crippen LogP contribution in [-0.4, -0.2) is 41.1 Å². The maximum Gasteiger partial charge on any atom is 0.270 e. The molecule has 1 heterocycles. The second-order valence-corrected chi connectivity index (χ2v) is 10.6. The predicted molar refractivity (Wildman–Crippen MR) is 148 cm³/mol. The van der Waals surface area contributed by atoms with E-state index in [0.717, 1.165) is 35.7 Å². The van der Waals surface area contributed by atoms with Crippen LogP contribution in [0, 0.1) is 11.8 Å². The number of benzene rings is 2. The standard InChI is InChI=1S/C30H36ClN3O3/c1-32-29(36)23(17-20-7-3-2-4-8-20)19-28(35)27(18-21-11-14-24(31)15-12-21)34-30(37)26-16-13-22-9-5-6-10-25(22)33-26/h5-6,9-16,20,23,27-28,35H,2-4,7-8,17-19H2,1H3,(H,32,36)(H,34,37)/t23-,27+,28+/m1/s1. The molecule has 1 saturated carbocycles. The van der Waals surface area contributed by atoms with Gasteiger partial charge in [0.25, 0.3) is 5.91 Å². The van der Waals surface area contributed by atoms with E-state index < -0.39 is 12.1 Å². The molecule has 1 aliphatic rings. The van der Waals surface area contributed by atoms with Crippen molar-refractivity contribution < 1.29 is 14.7 Å². The molecular formula is C30H36ClN3O3. The molecule has 0 spiro atoms. The van der Waals surface area contributed by atoms with Crippen LogP contribution >= 0.6 is 11.6 Å². The van der Waals surface area contributed by atoms with Gasteiger partial charge in [-0.2, -0.15) is 0 Å². The van der Waals surface area contributed by atoms with Crippen molar-refractivity contribution in [1.29, 1.82) is 0 Å². The number of aromatic nitrogens is 1. The number of aliphatic hydroxyl groups is 1. The zero-order valence-electron chi connectivity index (χ0n) is 21.3. The molecule has 0 unspecified atom stereocenters. The molecule has 0 aliphatic heterocycles. The Morgan fingerprint density at radius 3 is 2.49 bits per heavy atom. The average molecular weight is 522 g/mol. The van der Waals surface area contributed by atoms with Crippen molar-refractivity contribution in [3.8, 4) is 0 Å². The quantitative estimate of drug-likeness (QED) is 0.337. The van der Waals surface area contributed by atoms with Gasteiger partial charge in [0.15, 0.2) is 0 Å². The van der Waals surface area contributed by atoms with E-state index in [1.807, 2.05) is 42.5 Å². The van der Waals surface area contributed by atoms with Gasteiger partial charge < -0.3 is 15.7 Å². The first-order chi connectivity index (χ1) is 17.9. The molecule has 7 heteroatoms. The maximum atomic E-state index is 13.3. The largest absolute Gasteiger partial charge is 0.391 e. The smallest absolute Gasteiger partial charge is 0.270 e. The third kappa shape index (κ3) is 7.53. The molecule has 3 aromatic rings. The number of nitrogens with one attached hydrogen (secondary N) is 2. The Hall–Kier alpha value is -2.96. The molecule has 4 rings (SSSR count). The molecule has 0 bridgehead atoms. The molecule has 1 fully saturated rings. The van der Waals surface area contributed by atoms with Gasteiger partial charge in [-0.15, -0.1) is 0 Å². The van der Waals surface area contributed by atoms with E-state index in [1.54, 1.807) is 25.2 Å². The lowest BCUT2D eigenvalue weighted by Crippen LogP contribution is -2.47. The number of fused-ring (bicyclic) bond motifs is 1.